The van der Waals surface area contributed by atoms with E-state index in [9.17, 15) is 4.79 Å². The van der Waals surface area contributed by atoms with Crippen LogP contribution in [0.4, 0.5) is 5.69 Å². The Morgan fingerprint density at radius 1 is 1.29 bits per heavy atom. The molecule has 1 aromatic carbocycles. The lowest BCUT2D eigenvalue weighted by Crippen LogP contribution is -2.32. The van der Waals surface area contributed by atoms with Gasteiger partial charge in [0.2, 0.25) is 5.91 Å². The van der Waals surface area contributed by atoms with Crippen LogP contribution in [0.25, 0.3) is 0 Å². The average molecular weight is 232 g/mol. The summed E-state index contributed by atoms with van der Waals surface area (Å²) in [6.07, 6.45) is 0.928. The number of hydrogen-bond donors (Lipinski definition) is 2. The molecule has 0 saturated carbocycles. The predicted molar refractivity (Wildman–Crippen MR) is 70.1 cm³/mol. The maximum atomic E-state index is 12.1. The minimum atomic E-state index is 0.0934. The first kappa shape index (κ1) is 12.1. The minimum Gasteiger partial charge on any atom is -0.326 e. The molecule has 2 atom stereocenters. The second-order valence-corrected chi connectivity index (χ2v) is 5.00. The lowest BCUT2D eigenvalue weighted by atomic mass is 10.0. The van der Waals surface area contributed by atoms with E-state index in [1.165, 1.54) is 11.1 Å². The van der Waals surface area contributed by atoms with E-state index in [2.05, 4.69) is 23.6 Å². The number of aryl methyl sites for hydroxylation is 2. The van der Waals surface area contributed by atoms with E-state index in [1.54, 1.807) is 0 Å². The quantitative estimate of drug-likeness (QED) is 0.821. The Bertz CT molecular complexity index is 408. The molecular weight excluding hydrogens is 212 g/mol. The van der Waals surface area contributed by atoms with E-state index in [0.29, 0.717) is 0 Å². The highest BCUT2D eigenvalue weighted by molar-refractivity contribution is 5.93. The highest BCUT2D eigenvalue weighted by Gasteiger charge is 2.29. The Balaban J connectivity index is 2.07. The number of carbonyl (C=O) groups is 1. The Morgan fingerprint density at radius 3 is 2.47 bits per heavy atom. The van der Waals surface area contributed by atoms with E-state index in [-0.39, 0.29) is 17.9 Å². The number of amides is 1. The van der Waals surface area contributed by atoms with Gasteiger partial charge in [0.25, 0.3) is 0 Å². The molecule has 1 aliphatic heterocycles. The number of anilines is 1. The third-order valence-corrected chi connectivity index (χ3v) is 3.35. The molecule has 2 rings (SSSR count). The topological polar surface area (TPSA) is 41.1 Å². The van der Waals surface area contributed by atoms with Gasteiger partial charge in [0.15, 0.2) is 0 Å². The zero-order chi connectivity index (χ0) is 12.4. The van der Waals surface area contributed by atoms with Crippen molar-refractivity contribution in [3.8, 4) is 0 Å². The summed E-state index contributed by atoms with van der Waals surface area (Å²) >= 11 is 0. The third kappa shape index (κ3) is 2.86. The highest BCUT2D eigenvalue weighted by Crippen LogP contribution is 2.19. The molecule has 2 N–H and O–H groups in total. The molecule has 1 amide bonds. The van der Waals surface area contributed by atoms with Crippen molar-refractivity contribution in [3.63, 3.8) is 0 Å². The summed E-state index contributed by atoms with van der Waals surface area (Å²) in [5.41, 5.74) is 3.27. The van der Waals surface area contributed by atoms with Gasteiger partial charge in [-0.15, -0.1) is 0 Å². The van der Waals surface area contributed by atoms with Crippen molar-refractivity contribution in [2.45, 2.75) is 33.2 Å². The van der Waals surface area contributed by atoms with Crippen LogP contribution in [0.15, 0.2) is 18.2 Å². The Kier molecular flexibility index (Phi) is 3.48. The molecule has 0 spiro atoms. The summed E-state index contributed by atoms with van der Waals surface area (Å²) in [6, 6.07) is 6.41. The molecule has 1 aromatic rings. The van der Waals surface area contributed by atoms with Crippen LogP contribution in [0, 0.1) is 19.8 Å². The normalized spacial score (nSPS) is 23.7. The molecule has 0 aliphatic carbocycles. The van der Waals surface area contributed by atoms with Gasteiger partial charge in [-0.3, -0.25) is 4.79 Å². The zero-order valence-electron chi connectivity index (χ0n) is 10.7. The average Bonchev–Trinajstić information content (AvgIpc) is 2.62. The van der Waals surface area contributed by atoms with Gasteiger partial charge in [0.05, 0.1) is 5.92 Å². The first-order valence-electron chi connectivity index (χ1n) is 6.19. The molecule has 3 nitrogen and oxygen atoms in total. The maximum Gasteiger partial charge on any atom is 0.229 e. The van der Waals surface area contributed by atoms with Gasteiger partial charge in [-0.05, 0) is 57.0 Å². The smallest absolute Gasteiger partial charge is 0.229 e. The van der Waals surface area contributed by atoms with Crippen LogP contribution in [0.1, 0.15) is 24.5 Å². The molecule has 1 fully saturated rings. The van der Waals surface area contributed by atoms with E-state index in [4.69, 9.17) is 0 Å². The van der Waals surface area contributed by atoms with Crippen LogP contribution in [-0.4, -0.2) is 18.5 Å². The van der Waals surface area contributed by atoms with Crippen LogP contribution in [-0.2, 0) is 4.79 Å². The molecule has 92 valence electrons. The largest absolute Gasteiger partial charge is 0.326 e. The molecule has 3 heteroatoms. The first-order chi connectivity index (χ1) is 8.06. The second kappa shape index (κ2) is 4.88. The molecule has 17 heavy (non-hydrogen) atoms. The van der Waals surface area contributed by atoms with Gasteiger partial charge in [0, 0.05) is 11.7 Å². The fourth-order valence-electron chi connectivity index (χ4n) is 2.50. The van der Waals surface area contributed by atoms with E-state index in [1.807, 2.05) is 26.0 Å². The standard InChI is InChI=1S/C14H20N2O/c1-9-6-10(2)8-12(7-9)16-14(17)13-4-5-15-11(13)3/h6-8,11,13,15H,4-5H2,1-3H3,(H,16,17). The maximum absolute atomic E-state index is 12.1. The van der Waals surface area contributed by atoms with Crippen molar-refractivity contribution < 1.29 is 4.79 Å². The summed E-state index contributed by atoms with van der Waals surface area (Å²) in [6.45, 7) is 7.09. The number of hydrogen-bond acceptors (Lipinski definition) is 2. The molecule has 0 bridgehead atoms. The van der Waals surface area contributed by atoms with Crippen LogP contribution in [0.5, 0.6) is 0 Å². The molecule has 2 unspecified atom stereocenters. The molecule has 1 heterocycles. The van der Waals surface area contributed by atoms with E-state index < -0.39 is 0 Å². The Hall–Kier alpha value is -1.35. The van der Waals surface area contributed by atoms with Gasteiger partial charge in [-0.2, -0.15) is 0 Å². The summed E-state index contributed by atoms with van der Waals surface area (Å²) < 4.78 is 0. The second-order valence-electron chi connectivity index (χ2n) is 5.00. The predicted octanol–water partition coefficient (Wildman–Crippen LogP) is 2.24. The highest BCUT2D eigenvalue weighted by atomic mass is 16.1. The van der Waals surface area contributed by atoms with Crippen molar-refractivity contribution in [1.29, 1.82) is 0 Å². The number of benzene rings is 1. The van der Waals surface area contributed by atoms with Crippen molar-refractivity contribution in [2.75, 3.05) is 11.9 Å². The fraction of sp³-hybridized carbons (Fsp3) is 0.500. The van der Waals surface area contributed by atoms with Crippen molar-refractivity contribution >= 4 is 11.6 Å². The van der Waals surface area contributed by atoms with Crippen molar-refractivity contribution in [1.82, 2.24) is 5.32 Å². The molecule has 0 aromatic heterocycles. The van der Waals surface area contributed by atoms with Crippen molar-refractivity contribution in [3.05, 3.63) is 29.3 Å². The third-order valence-electron chi connectivity index (χ3n) is 3.35. The van der Waals surface area contributed by atoms with Gasteiger partial charge >= 0.3 is 0 Å². The van der Waals surface area contributed by atoms with Gasteiger partial charge in [-0.25, -0.2) is 0 Å². The summed E-state index contributed by atoms with van der Waals surface area (Å²) in [5, 5.41) is 6.32. The zero-order valence-corrected chi connectivity index (χ0v) is 10.7. The lowest BCUT2D eigenvalue weighted by molar-refractivity contribution is -0.119. The number of rotatable bonds is 2. The number of nitrogens with one attached hydrogen (secondary N) is 2. The first-order valence-corrected chi connectivity index (χ1v) is 6.19. The van der Waals surface area contributed by atoms with Crippen LogP contribution in [0.2, 0.25) is 0 Å². The van der Waals surface area contributed by atoms with Gasteiger partial charge in [-0.1, -0.05) is 6.07 Å². The van der Waals surface area contributed by atoms with Crippen LogP contribution < -0.4 is 10.6 Å². The molecule has 1 aliphatic rings. The van der Waals surface area contributed by atoms with Gasteiger partial charge < -0.3 is 10.6 Å². The molecular formula is C14H20N2O. The van der Waals surface area contributed by atoms with Crippen LogP contribution >= 0.6 is 0 Å². The van der Waals surface area contributed by atoms with E-state index in [0.717, 1.165) is 18.7 Å². The Labute approximate surface area is 103 Å². The fourth-order valence-corrected chi connectivity index (χ4v) is 2.50. The monoisotopic (exact) mass is 232 g/mol. The van der Waals surface area contributed by atoms with Crippen molar-refractivity contribution in [2.24, 2.45) is 5.92 Å². The lowest BCUT2D eigenvalue weighted by Gasteiger charge is -2.15. The SMILES string of the molecule is Cc1cc(C)cc(NC(=O)C2CCNC2C)c1. The van der Waals surface area contributed by atoms with Crippen LogP contribution in [0.3, 0.4) is 0 Å². The molecule has 0 radical (unpaired) electrons. The summed E-state index contributed by atoms with van der Waals surface area (Å²) in [7, 11) is 0. The minimum absolute atomic E-state index is 0.0934. The van der Waals surface area contributed by atoms with Gasteiger partial charge in [0.1, 0.15) is 0 Å². The summed E-state index contributed by atoms with van der Waals surface area (Å²) in [4.78, 5) is 12.1. The number of carbonyl (C=O) groups excluding carboxylic acids is 1. The molecule has 1 saturated heterocycles. The Morgan fingerprint density at radius 2 is 1.94 bits per heavy atom. The van der Waals surface area contributed by atoms with E-state index >= 15 is 0 Å². The summed E-state index contributed by atoms with van der Waals surface area (Å²) in [5.74, 6) is 0.225.